The van der Waals surface area contributed by atoms with E-state index in [1.54, 1.807) is 14.2 Å². The SMILES string of the molecule is COc1cccc(OC)c1OCC1CSCCN1. The molecule has 100 valence electrons. The molecular weight excluding hydrogens is 250 g/mol. The molecule has 0 aliphatic carbocycles. The Morgan fingerprint density at radius 1 is 1.28 bits per heavy atom. The lowest BCUT2D eigenvalue weighted by atomic mass is 10.3. The van der Waals surface area contributed by atoms with Crippen molar-refractivity contribution in [2.24, 2.45) is 0 Å². The fourth-order valence-corrected chi connectivity index (χ4v) is 2.80. The predicted molar refractivity (Wildman–Crippen MR) is 74.2 cm³/mol. The number of para-hydroxylation sites is 1. The Morgan fingerprint density at radius 2 is 2.00 bits per heavy atom. The summed E-state index contributed by atoms with van der Waals surface area (Å²) in [6, 6.07) is 6.03. The smallest absolute Gasteiger partial charge is 0.203 e. The summed E-state index contributed by atoms with van der Waals surface area (Å²) in [4.78, 5) is 0. The molecule has 0 radical (unpaired) electrons. The van der Waals surface area contributed by atoms with Gasteiger partial charge in [-0.15, -0.1) is 0 Å². The quantitative estimate of drug-likeness (QED) is 0.882. The molecular formula is C13H19NO3S. The second-order valence-electron chi connectivity index (χ2n) is 4.03. The number of benzene rings is 1. The topological polar surface area (TPSA) is 39.7 Å². The maximum absolute atomic E-state index is 5.86. The molecule has 1 aliphatic heterocycles. The van der Waals surface area contributed by atoms with Crippen molar-refractivity contribution in [3.05, 3.63) is 18.2 Å². The summed E-state index contributed by atoms with van der Waals surface area (Å²) < 4.78 is 16.5. The Labute approximate surface area is 112 Å². The second kappa shape index (κ2) is 6.75. The van der Waals surface area contributed by atoms with Crippen LogP contribution in [0.3, 0.4) is 0 Å². The highest BCUT2D eigenvalue weighted by molar-refractivity contribution is 7.99. The van der Waals surface area contributed by atoms with Crippen LogP contribution in [-0.4, -0.2) is 44.9 Å². The van der Waals surface area contributed by atoms with Crippen molar-refractivity contribution in [3.63, 3.8) is 0 Å². The van der Waals surface area contributed by atoms with Crippen molar-refractivity contribution in [3.8, 4) is 17.2 Å². The molecule has 0 amide bonds. The van der Waals surface area contributed by atoms with E-state index >= 15 is 0 Å². The van der Waals surface area contributed by atoms with E-state index in [0.29, 0.717) is 29.9 Å². The lowest BCUT2D eigenvalue weighted by Crippen LogP contribution is -2.41. The highest BCUT2D eigenvalue weighted by Crippen LogP contribution is 2.36. The van der Waals surface area contributed by atoms with E-state index < -0.39 is 0 Å². The van der Waals surface area contributed by atoms with Gasteiger partial charge in [0.25, 0.3) is 0 Å². The summed E-state index contributed by atoms with van der Waals surface area (Å²) in [6.45, 7) is 1.67. The van der Waals surface area contributed by atoms with E-state index in [1.807, 2.05) is 30.0 Å². The molecule has 1 atom stereocenters. The maximum Gasteiger partial charge on any atom is 0.203 e. The summed E-state index contributed by atoms with van der Waals surface area (Å²) in [5, 5.41) is 3.44. The van der Waals surface area contributed by atoms with Crippen LogP contribution in [0.5, 0.6) is 17.2 Å². The van der Waals surface area contributed by atoms with Gasteiger partial charge in [-0.25, -0.2) is 0 Å². The van der Waals surface area contributed by atoms with Gasteiger partial charge in [-0.2, -0.15) is 11.8 Å². The molecule has 0 bridgehead atoms. The number of thioether (sulfide) groups is 1. The molecule has 1 fully saturated rings. The van der Waals surface area contributed by atoms with Crippen LogP contribution in [0.25, 0.3) is 0 Å². The Hall–Kier alpha value is -1.07. The van der Waals surface area contributed by atoms with E-state index in [1.165, 1.54) is 5.75 Å². The van der Waals surface area contributed by atoms with Crippen LogP contribution in [0.4, 0.5) is 0 Å². The van der Waals surface area contributed by atoms with Gasteiger partial charge in [0.2, 0.25) is 5.75 Å². The summed E-state index contributed by atoms with van der Waals surface area (Å²) >= 11 is 1.95. The predicted octanol–water partition coefficient (Wildman–Crippen LogP) is 1.79. The summed E-state index contributed by atoms with van der Waals surface area (Å²) in [7, 11) is 3.27. The van der Waals surface area contributed by atoms with Crippen LogP contribution in [0, 0.1) is 0 Å². The zero-order valence-electron chi connectivity index (χ0n) is 10.8. The summed E-state index contributed by atoms with van der Waals surface area (Å²) in [5.41, 5.74) is 0. The van der Waals surface area contributed by atoms with Gasteiger partial charge in [-0.3, -0.25) is 0 Å². The van der Waals surface area contributed by atoms with Crippen LogP contribution in [0.1, 0.15) is 0 Å². The number of ether oxygens (including phenoxy) is 3. The number of hydrogen-bond donors (Lipinski definition) is 1. The largest absolute Gasteiger partial charge is 0.493 e. The van der Waals surface area contributed by atoms with Gasteiger partial charge in [0.15, 0.2) is 11.5 Å². The van der Waals surface area contributed by atoms with E-state index in [-0.39, 0.29) is 0 Å². The molecule has 1 unspecified atom stereocenters. The molecule has 2 rings (SSSR count). The third-order valence-corrected chi connectivity index (χ3v) is 3.94. The van der Waals surface area contributed by atoms with Gasteiger partial charge >= 0.3 is 0 Å². The first kappa shape index (κ1) is 13.4. The number of hydrogen-bond acceptors (Lipinski definition) is 5. The molecule has 4 nitrogen and oxygen atoms in total. The highest BCUT2D eigenvalue weighted by Gasteiger charge is 2.16. The van der Waals surface area contributed by atoms with Crippen LogP contribution >= 0.6 is 11.8 Å². The molecule has 0 saturated carbocycles. The third kappa shape index (κ3) is 3.23. The second-order valence-corrected chi connectivity index (χ2v) is 5.18. The molecule has 1 heterocycles. The zero-order valence-corrected chi connectivity index (χ0v) is 11.6. The average molecular weight is 269 g/mol. The number of nitrogens with one attached hydrogen (secondary N) is 1. The van der Waals surface area contributed by atoms with Crippen LogP contribution in [-0.2, 0) is 0 Å². The van der Waals surface area contributed by atoms with E-state index in [2.05, 4.69) is 5.32 Å². The number of methoxy groups -OCH3 is 2. The Kier molecular flexibility index (Phi) is 5.01. The maximum atomic E-state index is 5.86. The Bertz CT molecular complexity index is 358. The van der Waals surface area contributed by atoms with Crippen LogP contribution < -0.4 is 19.5 Å². The van der Waals surface area contributed by atoms with Crippen LogP contribution in [0.2, 0.25) is 0 Å². The first-order valence-corrected chi connectivity index (χ1v) is 7.15. The molecule has 1 aromatic carbocycles. The minimum absolute atomic E-state index is 0.387. The van der Waals surface area contributed by atoms with Gasteiger partial charge in [0.1, 0.15) is 6.61 Å². The fourth-order valence-electron chi connectivity index (χ4n) is 1.87. The first-order chi connectivity index (χ1) is 8.85. The van der Waals surface area contributed by atoms with Gasteiger partial charge in [-0.1, -0.05) is 6.07 Å². The molecule has 5 heteroatoms. The van der Waals surface area contributed by atoms with Crippen molar-refractivity contribution in [1.29, 1.82) is 0 Å². The van der Waals surface area contributed by atoms with Crippen molar-refractivity contribution >= 4 is 11.8 Å². The molecule has 18 heavy (non-hydrogen) atoms. The molecule has 1 saturated heterocycles. The minimum Gasteiger partial charge on any atom is -0.493 e. The molecule has 1 aromatic rings. The van der Waals surface area contributed by atoms with Crippen molar-refractivity contribution in [2.75, 3.05) is 38.9 Å². The third-order valence-electron chi connectivity index (χ3n) is 2.81. The molecule has 1 N–H and O–H groups in total. The monoisotopic (exact) mass is 269 g/mol. The average Bonchev–Trinajstić information content (AvgIpc) is 2.45. The van der Waals surface area contributed by atoms with E-state index in [4.69, 9.17) is 14.2 Å². The van der Waals surface area contributed by atoms with Gasteiger partial charge in [-0.05, 0) is 12.1 Å². The van der Waals surface area contributed by atoms with Crippen molar-refractivity contribution in [1.82, 2.24) is 5.32 Å². The molecule has 0 spiro atoms. The van der Waals surface area contributed by atoms with Gasteiger partial charge in [0.05, 0.1) is 20.3 Å². The summed E-state index contributed by atoms with van der Waals surface area (Å²) in [6.07, 6.45) is 0. The molecule has 1 aliphatic rings. The lowest BCUT2D eigenvalue weighted by Gasteiger charge is -2.24. The van der Waals surface area contributed by atoms with Crippen molar-refractivity contribution in [2.45, 2.75) is 6.04 Å². The van der Waals surface area contributed by atoms with Gasteiger partial charge in [0, 0.05) is 18.1 Å². The Balaban J connectivity index is 2.02. The zero-order chi connectivity index (χ0) is 12.8. The van der Waals surface area contributed by atoms with E-state index in [9.17, 15) is 0 Å². The highest BCUT2D eigenvalue weighted by atomic mass is 32.2. The Morgan fingerprint density at radius 3 is 2.56 bits per heavy atom. The summed E-state index contributed by atoms with van der Waals surface area (Å²) in [5.74, 6) is 4.35. The van der Waals surface area contributed by atoms with Gasteiger partial charge < -0.3 is 19.5 Å². The fraction of sp³-hybridized carbons (Fsp3) is 0.538. The molecule has 0 aromatic heterocycles. The van der Waals surface area contributed by atoms with Crippen molar-refractivity contribution < 1.29 is 14.2 Å². The lowest BCUT2D eigenvalue weighted by molar-refractivity contribution is 0.248. The minimum atomic E-state index is 0.387. The van der Waals surface area contributed by atoms with E-state index in [0.717, 1.165) is 12.3 Å². The number of rotatable bonds is 5. The van der Waals surface area contributed by atoms with Crippen LogP contribution in [0.15, 0.2) is 18.2 Å². The first-order valence-electron chi connectivity index (χ1n) is 6.00. The normalized spacial score (nSPS) is 19.3. The standard InChI is InChI=1S/C13H19NO3S/c1-15-11-4-3-5-12(16-2)13(11)17-8-10-9-18-7-6-14-10/h3-5,10,14H,6-9H2,1-2H3.